The van der Waals surface area contributed by atoms with Crippen molar-refractivity contribution in [2.75, 3.05) is 0 Å². The zero-order valence-corrected chi connectivity index (χ0v) is 16.1. The SMILES string of the molecule is CC(=S)N/N=C(\C)CCc1ccc(O)cc1.CCCc1ccccc1. The molecule has 0 aliphatic heterocycles. The summed E-state index contributed by atoms with van der Waals surface area (Å²) in [5.74, 6) is 0.298. The van der Waals surface area contributed by atoms with Gasteiger partial charge in [0.15, 0.2) is 0 Å². The maximum Gasteiger partial charge on any atom is 0.115 e. The fourth-order valence-electron chi connectivity index (χ4n) is 2.15. The summed E-state index contributed by atoms with van der Waals surface area (Å²) in [5.41, 5.74) is 6.41. The van der Waals surface area contributed by atoms with Gasteiger partial charge < -0.3 is 5.11 Å². The van der Waals surface area contributed by atoms with E-state index in [0.29, 0.717) is 10.7 Å². The molecule has 0 amide bonds. The molecule has 0 saturated carbocycles. The summed E-state index contributed by atoms with van der Waals surface area (Å²) < 4.78 is 0. The van der Waals surface area contributed by atoms with E-state index in [1.54, 1.807) is 19.1 Å². The Morgan fingerprint density at radius 3 is 2.12 bits per heavy atom. The summed E-state index contributed by atoms with van der Waals surface area (Å²) in [7, 11) is 0. The Morgan fingerprint density at radius 2 is 1.56 bits per heavy atom. The van der Waals surface area contributed by atoms with E-state index in [0.717, 1.165) is 18.6 Å². The van der Waals surface area contributed by atoms with E-state index in [-0.39, 0.29) is 0 Å². The number of benzene rings is 2. The lowest BCUT2D eigenvalue weighted by Gasteiger charge is -2.02. The number of aromatic hydroxyl groups is 1. The van der Waals surface area contributed by atoms with Gasteiger partial charge in [0.05, 0.1) is 4.99 Å². The number of hydrogen-bond donors (Lipinski definition) is 2. The molecule has 0 radical (unpaired) electrons. The molecule has 2 N–H and O–H groups in total. The lowest BCUT2D eigenvalue weighted by molar-refractivity contribution is 0.475. The minimum Gasteiger partial charge on any atom is -0.508 e. The molecule has 0 unspecified atom stereocenters. The number of thiocarbonyl (C=S) groups is 1. The summed E-state index contributed by atoms with van der Waals surface area (Å²) in [6, 6.07) is 17.8. The first-order valence-corrected chi connectivity index (χ1v) is 9.03. The van der Waals surface area contributed by atoms with Crippen LogP contribution in [0.1, 0.15) is 44.7 Å². The lowest BCUT2D eigenvalue weighted by atomic mass is 10.1. The average molecular weight is 357 g/mol. The van der Waals surface area contributed by atoms with Crippen LogP contribution in [0.4, 0.5) is 0 Å². The Morgan fingerprint density at radius 1 is 0.960 bits per heavy atom. The molecular formula is C21H28N2OS. The Bertz CT molecular complexity index is 651. The van der Waals surface area contributed by atoms with E-state index < -0.39 is 0 Å². The van der Waals surface area contributed by atoms with Crippen LogP contribution in [-0.2, 0) is 12.8 Å². The molecule has 2 aromatic rings. The molecule has 0 atom stereocenters. The first kappa shape index (κ1) is 20.8. The normalized spacial score (nSPS) is 10.6. The van der Waals surface area contributed by atoms with Gasteiger partial charge in [0.2, 0.25) is 0 Å². The maximum atomic E-state index is 9.13. The monoisotopic (exact) mass is 356 g/mol. The number of phenols is 1. The van der Waals surface area contributed by atoms with Gasteiger partial charge in [0.25, 0.3) is 0 Å². The Labute approximate surface area is 156 Å². The quantitative estimate of drug-likeness (QED) is 0.421. The van der Waals surface area contributed by atoms with Crippen LogP contribution in [0, 0.1) is 0 Å². The third-order valence-corrected chi connectivity index (χ3v) is 3.59. The van der Waals surface area contributed by atoms with E-state index in [1.165, 1.54) is 24.0 Å². The molecule has 2 aromatic carbocycles. The van der Waals surface area contributed by atoms with Crippen molar-refractivity contribution in [3.05, 3.63) is 65.7 Å². The molecule has 0 saturated heterocycles. The van der Waals surface area contributed by atoms with Crippen molar-refractivity contribution in [3.8, 4) is 5.75 Å². The molecule has 0 aliphatic rings. The molecular weight excluding hydrogens is 328 g/mol. The van der Waals surface area contributed by atoms with Crippen LogP contribution in [-0.4, -0.2) is 15.8 Å². The van der Waals surface area contributed by atoms with E-state index in [4.69, 9.17) is 17.3 Å². The molecule has 0 bridgehead atoms. The Kier molecular flexibility index (Phi) is 10.2. The summed E-state index contributed by atoms with van der Waals surface area (Å²) in [4.78, 5) is 0.670. The third-order valence-electron chi connectivity index (χ3n) is 3.50. The number of nitrogens with one attached hydrogen (secondary N) is 1. The molecule has 25 heavy (non-hydrogen) atoms. The number of rotatable bonds is 6. The van der Waals surface area contributed by atoms with Crippen molar-refractivity contribution in [1.82, 2.24) is 5.43 Å². The van der Waals surface area contributed by atoms with Gasteiger partial charge in [0.1, 0.15) is 5.75 Å². The number of nitrogens with zero attached hydrogens (tertiary/aromatic N) is 1. The molecule has 0 heterocycles. The van der Waals surface area contributed by atoms with E-state index in [2.05, 4.69) is 47.8 Å². The third kappa shape index (κ3) is 10.3. The zero-order valence-electron chi connectivity index (χ0n) is 15.3. The van der Waals surface area contributed by atoms with Crippen LogP contribution in [0.2, 0.25) is 0 Å². The fraction of sp³-hybridized carbons (Fsp3) is 0.333. The predicted molar refractivity (Wildman–Crippen MR) is 111 cm³/mol. The predicted octanol–water partition coefficient (Wildman–Crippen LogP) is 5.28. The van der Waals surface area contributed by atoms with Gasteiger partial charge in [-0.2, -0.15) is 5.10 Å². The van der Waals surface area contributed by atoms with Gasteiger partial charge in [-0.05, 0) is 56.4 Å². The number of hydrogen-bond acceptors (Lipinski definition) is 3. The van der Waals surface area contributed by atoms with Crippen molar-refractivity contribution in [1.29, 1.82) is 0 Å². The highest BCUT2D eigenvalue weighted by Crippen LogP contribution is 2.11. The summed E-state index contributed by atoms with van der Waals surface area (Å²) in [6.07, 6.45) is 4.24. The van der Waals surface area contributed by atoms with Gasteiger partial charge >= 0.3 is 0 Å². The molecule has 0 spiro atoms. The fourth-order valence-corrected chi connectivity index (χ4v) is 2.20. The van der Waals surface area contributed by atoms with Crippen molar-refractivity contribution in [3.63, 3.8) is 0 Å². The second-order valence-electron chi connectivity index (χ2n) is 5.92. The second-order valence-corrected chi connectivity index (χ2v) is 6.53. The Balaban J connectivity index is 0.000000293. The van der Waals surface area contributed by atoms with Gasteiger partial charge in [-0.1, -0.05) is 68.0 Å². The molecule has 0 aromatic heterocycles. The first-order valence-electron chi connectivity index (χ1n) is 8.62. The number of phenolic OH excluding ortho intramolecular Hbond substituents is 1. The molecule has 2 rings (SSSR count). The highest BCUT2D eigenvalue weighted by molar-refractivity contribution is 7.80. The largest absolute Gasteiger partial charge is 0.508 e. The average Bonchev–Trinajstić information content (AvgIpc) is 2.61. The smallest absolute Gasteiger partial charge is 0.115 e. The minimum absolute atomic E-state index is 0.298. The summed E-state index contributed by atoms with van der Waals surface area (Å²) in [6.45, 7) is 5.96. The summed E-state index contributed by atoms with van der Waals surface area (Å²) in [5, 5.41) is 13.3. The second kappa shape index (κ2) is 12.2. The highest BCUT2D eigenvalue weighted by Gasteiger charge is 1.96. The molecule has 3 nitrogen and oxygen atoms in total. The van der Waals surface area contributed by atoms with Gasteiger partial charge in [-0.15, -0.1) is 0 Å². The van der Waals surface area contributed by atoms with Crippen molar-refractivity contribution >= 4 is 22.9 Å². The van der Waals surface area contributed by atoms with Crippen LogP contribution >= 0.6 is 12.2 Å². The van der Waals surface area contributed by atoms with Crippen LogP contribution in [0.5, 0.6) is 5.75 Å². The topological polar surface area (TPSA) is 44.6 Å². The van der Waals surface area contributed by atoms with E-state index in [1.807, 2.05) is 19.1 Å². The number of hydrazone groups is 1. The lowest BCUT2D eigenvalue weighted by Crippen LogP contribution is -2.13. The van der Waals surface area contributed by atoms with Crippen LogP contribution < -0.4 is 5.43 Å². The summed E-state index contributed by atoms with van der Waals surface area (Å²) >= 11 is 4.86. The molecule has 0 aliphatic carbocycles. The highest BCUT2D eigenvalue weighted by atomic mass is 32.1. The van der Waals surface area contributed by atoms with Crippen LogP contribution in [0.3, 0.4) is 0 Å². The number of aryl methyl sites for hydroxylation is 2. The van der Waals surface area contributed by atoms with E-state index >= 15 is 0 Å². The first-order chi connectivity index (χ1) is 12.0. The van der Waals surface area contributed by atoms with Crippen molar-refractivity contribution < 1.29 is 5.11 Å². The van der Waals surface area contributed by atoms with Gasteiger partial charge in [0, 0.05) is 5.71 Å². The van der Waals surface area contributed by atoms with Crippen LogP contribution in [0.15, 0.2) is 59.7 Å². The Hall–Kier alpha value is -2.20. The molecule has 134 valence electrons. The minimum atomic E-state index is 0.298. The van der Waals surface area contributed by atoms with E-state index in [9.17, 15) is 0 Å². The van der Waals surface area contributed by atoms with Crippen LogP contribution in [0.25, 0.3) is 0 Å². The van der Waals surface area contributed by atoms with Gasteiger partial charge in [-0.3, -0.25) is 5.43 Å². The van der Waals surface area contributed by atoms with Crippen molar-refractivity contribution in [2.24, 2.45) is 5.10 Å². The zero-order chi connectivity index (χ0) is 18.5. The van der Waals surface area contributed by atoms with Crippen molar-refractivity contribution in [2.45, 2.75) is 46.5 Å². The standard InChI is InChI=1S/C12H16N2OS.C9H12/c1-9(13-14-10(2)16)3-4-11-5-7-12(15)8-6-11;1-2-6-9-7-4-3-5-8-9/h5-8,15H,3-4H2,1-2H3,(H,14,16);3-5,7-8H,2,6H2,1H3/b13-9+;. The molecule has 4 heteroatoms. The van der Waals surface area contributed by atoms with Gasteiger partial charge in [-0.25, -0.2) is 0 Å². The maximum absolute atomic E-state index is 9.13. The molecule has 0 fully saturated rings.